The maximum atomic E-state index is 5.63. The standard InChI is InChI=1S/C20H23BrOS/c1-20(2,3)16-7-5-6-14(10-16)11-18(23)13-15-12-17(21)8-9-19(15)22-4/h5-10,12H,11,13H2,1-4H3. The van der Waals surface area contributed by atoms with E-state index in [0.717, 1.165) is 33.5 Å². The van der Waals surface area contributed by atoms with Crippen molar-refractivity contribution in [3.05, 3.63) is 63.6 Å². The largest absolute Gasteiger partial charge is 0.496 e. The first-order valence-corrected chi connectivity index (χ1v) is 8.93. The number of rotatable bonds is 5. The Hall–Kier alpha value is -1.19. The fourth-order valence-electron chi connectivity index (χ4n) is 2.54. The molecule has 0 saturated heterocycles. The molecule has 0 saturated carbocycles. The van der Waals surface area contributed by atoms with Crippen molar-refractivity contribution in [2.45, 2.75) is 39.0 Å². The van der Waals surface area contributed by atoms with Gasteiger partial charge in [0.05, 0.1) is 7.11 Å². The lowest BCUT2D eigenvalue weighted by atomic mass is 9.85. The maximum Gasteiger partial charge on any atom is 0.122 e. The van der Waals surface area contributed by atoms with E-state index in [-0.39, 0.29) is 5.41 Å². The van der Waals surface area contributed by atoms with Gasteiger partial charge in [-0.1, -0.05) is 73.2 Å². The smallest absolute Gasteiger partial charge is 0.122 e. The van der Waals surface area contributed by atoms with Gasteiger partial charge in [-0.25, -0.2) is 0 Å². The number of methoxy groups -OCH3 is 1. The summed E-state index contributed by atoms with van der Waals surface area (Å²) in [6.07, 6.45) is 1.56. The highest BCUT2D eigenvalue weighted by atomic mass is 79.9. The van der Waals surface area contributed by atoms with Crippen LogP contribution < -0.4 is 4.74 Å². The van der Waals surface area contributed by atoms with Crippen LogP contribution >= 0.6 is 28.1 Å². The number of halogens is 1. The second-order valence-corrected chi connectivity index (χ2v) is 8.29. The molecule has 122 valence electrons. The molecule has 0 bridgehead atoms. The molecule has 23 heavy (non-hydrogen) atoms. The van der Waals surface area contributed by atoms with Crippen LogP contribution in [0, 0.1) is 0 Å². The molecule has 2 aromatic carbocycles. The van der Waals surface area contributed by atoms with Crippen molar-refractivity contribution in [1.29, 1.82) is 0 Å². The van der Waals surface area contributed by atoms with E-state index in [1.165, 1.54) is 11.1 Å². The molecule has 0 atom stereocenters. The average molecular weight is 391 g/mol. The molecular weight excluding hydrogens is 368 g/mol. The summed E-state index contributed by atoms with van der Waals surface area (Å²) in [6.45, 7) is 6.70. The van der Waals surface area contributed by atoms with Crippen LogP contribution in [0.25, 0.3) is 0 Å². The number of thiocarbonyl (C=S) groups is 1. The van der Waals surface area contributed by atoms with Crippen molar-refractivity contribution >= 4 is 33.0 Å². The molecule has 0 heterocycles. The van der Waals surface area contributed by atoms with E-state index in [9.17, 15) is 0 Å². The summed E-state index contributed by atoms with van der Waals surface area (Å²) >= 11 is 9.15. The van der Waals surface area contributed by atoms with Crippen molar-refractivity contribution in [2.75, 3.05) is 7.11 Å². The Labute approximate surface area is 153 Å². The minimum atomic E-state index is 0.158. The van der Waals surface area contributed by atoms with E-state index in [2.05, 4.69) is 67.0 Å². The predicted molar refractivity (Wildman–Crippen MR) is 106 cm³/mol. The van der Waals surface area contributed by atoms with Gasteiger partial charge in [0.1, 0.15) is 5.75 Å². The van der Waals surface area contributed by atoms with Gasteiger partial charge < -0.3 is 4.74 Å². The molecule has 0 spiro atoms. The zero-order valence-corrected chi connectivity index (χ0v) is 16.6. The summed E-state index contributed by atoms with van der Waals surface area (Å²) in [6, 6.07) is 14.8. The third-order valence-electron chi connectivity index (χ3n) is 3.82. The summed E-state index contributed by atoms with van der Waals surface area (Å²) < 4.78 is 6.48. The SMILES string of the molecule is COc1ccc(Br)cc1CC(=S)Cc1cccc(C(C)(C)C)c1. The van der Waals surface area contributed by atoms with Gasteiger partial charge >= 0.3 is 0 Å². The van der Waals surface area contributed by atoms with Crippen LogP contribution in [0.15, 0.2) is 46.9 Å². The summed E-state index contributed by atoms with van der Waals surface area (Å²) in [5.74, 6) is 0.888. The highest BCUT2D eigenvalue weighted by Gasteiger charge is 2.14. The zero-order chi connectivity index (χ0) is 17.0. The first kappa shape index (κ1) is 18.2. The normalized spacial score (nSPS) is 11.3. The number of ether oxygens (including phenoxy) is 1. The van der Waals surface area contributed by atoms with Crippen LogP contribution in [-0.4, -0.2) is 12.0 Å². The Morgan fingerprint density at radius 1 is 1.09 bits per heavy atom. The first-order valence-electron chi connectivity index (χ1n) is 7.73. The number of benzene rings is 2. The lowest BCUT2D eigenvalue weighted by Gasteiger charge is -2.20. The van der Waals surface area contributed by atoms with Gasteiger partial charge in [-0.3, -0.25) is 0 Å². The Balaban J connectivity index is 2.13. The van der Waals surface area contributed by atoms with Crippen molar-refractivity contribution in [3.63, 3.8) is 0 Å². The molecule has 0 unspecified atom stereocenters. The third kappa shape index (κ3) is 5.15. The van der Waals surface area contributed by atoms with Crippen LogP contribution in [-0.2, 0) is 18.3 Å². The molecule has 3 heteroatoms. The fraction of sp³-hybridized carbons (Fsp3) is 0.350. The molecular formula is C20H23BrOS. The van der Waals surface area contributed by atoms with Gasteiger partial charge in [0, 0.05) is 27.7 Å². The molecule has 0 radical (unpaired) electrons. The molecule has 0 N–H and O–H groups in total. The van der Waals surface area contributed by atoms with E-state index in [4.69, 9.17) is 17.0 Å². The third-order valence-corrected chi connectivity index (χ3v) is 4.61. The van der Waals surface area contributed by atoms with Crippen LogP contribution in [0.3, 0.4) is 0 Å². The molecule has 1 nitrogen and oxygen atoms in total. The van der Waals surface area contributed by atoms with Crippen LogP contribution in [0.2, 0.25) is 0 Å². The van der Waals surface area contributed by atoms with Crippen molar-refractivity contribution in [3.8, 4) is 5.75 Å². The Morgan fingerprint density at radius 2 is 1.83 bits per heavy atom. The van der Waals surface area contributed by atoms with E-state index in [1.54, 1.807) is 7.11 Å². The highest BCUT2D eigenvalue weighted by Crippen LogP contribution is 2.25. The Kier molecular flexibility index (Phi) is 5.99. The molecule has 0 aliphatic carbocycles. The predicted octanol–water partition coefficient (Wildman–Crippen LogP) is 5.91. The van der Waals surface area contributed by atoms with Gasteiger partial charge in [0.25, 0.3) is 0 Å². The quantitative estimate of drug-likeness (QED) is 0.586. The minimum Gasteiger partial charge on any atom is -0.496 e. The average Bonchev–Trinajstić information content (AvgIpc) is 2.46. The molecule has 0 fully saturated rings. The minimum absolute atomic E-state index is 0.158. The van der Waals surface area contributed by atoms with E-state index in [1.807, 2.05) is 12.1 Å². The monoisotopic (exact) mass is 390 g/mol. The van der Waals surface area contributed by atoms with Crippen LogP contribution in [0.4, 0.5) is 0 Å². The summed E-state index contributed by atoms with van der Waals surface area (Å²) in [7, 11) is 1.70. The molecule has 2 rings (SSSR count). The topological polar surface area (TPSA) is 9.23 Å². The lowest BCUT2D eigenvalue weighted by Crippen LogP contribution is -2.12. The first-order chi connectivity index (χ1) is 10.8. The fourth-order valence-corrected chi connectivity index (χ4v) is 3.27. The van der Waals surface area contributed by atoms with Crippen molar-refractivity contribution in [1.82, 2.24) is 0 Å². The molecule has 2 aromatic rings. The van der Waals surface area contributed by atoms with Gasteiger partial charge in [-0.2, -0.15) is 0 Å². The van der Waals surface area contributed by atoms with E-state index in [0.29, 0.717) is 0 Å². The van der Waals surface area contributed by atoms with E-state index >= 15 is 0 Å². The number of hydrogen-bond acceptors (Lipinski definition) is 2. The molecule has 0 aromatic heterocycles. The summed E-state index contributed by atoms with van der Waals surface area (Å²) in [5, 5.41) is 0. The maximum absolute atomic E-state index is 5.63. The van der Waals surface area contributed by atoms with Gasteiger partial charge in [0.15, 0.2) is 0 Å². The van der Waals surface area contributed by atoms with Crippen LogP contribution in [0.5, 0.6) is 5.75 Å². The van der Waals surface area contributed by atoms with Crippen LogP contribution in [0.1, 0.15) is 37.5 Å². The van der Waals surface area contributed by atoms with Gasteiger partial charge in [-0.05, 0) is 34.7 Å². The zero-order valence-electron chi connectivity index (χ0n) is 14.2. The molecule has 0 amide bonds. The molecule has 0 aliphatic heterocycles. The Morgan fingerprint density at radius 3 is 2.48 bits per heavy atom. The van der Waals surface area contributed by atoms with Crippen molar-refractivity contribution < 1.29 is 4.74 Å². The molecule has 0 aliphatic rings. The second-order valence-electron chi connectivity index (χ2n) is 6.80. The number of hydrogen-bond donors (Lipinski definition) is 0. The lowest BCUT2D eigenvalue weighted by molar-refractivity contribution is 0.411. The van der Waals surface area contributed by atoms with Crippen molar-refractivity contribution in [2.24, 2.45) is 0 Å². The highest BCUT2D eigenvalue weighted by molar-refractivity contribution is 9.10. The summed E-state index contributed by atoms with van der Waals surface area (Å²) in [4.78, 5) is 1.02. The Bertz CT molecular complexity index is 701. The van der Waals surface area contributed by atoms with Gasteiger partial charge in [0.2, 0.25) is 0 Å². The van der Waals surface area contributed by atoms with Gasteiger partial charge in [-0.15, -0.1) is 0 Å². The second kappa shape index (κ2) is 7.59. The summed E-state index contributed by atoms with van der Waals surface area (Å²) in [5.41, 5.74) is 3.90. The van der Waals surface area contributed by atoms with E-state index < -0.39 is 0 Å².